The summed E-state index contributed by atoms with van der Waals surface area (Å²) in [7, 11) is 0. The lowest BCUT2D eigenvalue weighted by molar-refractivity contribution is 0.506. The summed E-state index contributed by atoms with van der Waals surface area (Å²) in [5, 5.41) is 0.251. The second-order valence-electron chi connectivity index (χ2n) is 3.90. The first-order valence-corrected chi connectivity index (χ1v) is 4.80. The van der Waals surface area contributed by atoms with Gasteiger partial charge in [-0.3, -0.25) is 0 Å². The highest BCUT2D eigenvalue weighted by Gasteiger charge is 2.38. The number of halogens is 3. The van der Waals surface area contributed by atoms with Crippen molar-refractivity contribution in [3.63, 3.8) is 0 Å². The molecule has 1 fully saturated rings. The average molecular weight is 218 g/mol. The molecule has 0 spiro atoms. The van der Waals surface area contributed by atoms with Gasteiger partial charge in [-0.05, 0) is 37.0 Å². The van der Waals surface area contributed by atoms with Gasteiger partial charge in [0.15, 0.2) is 11.6 Å². The summed E-state index contributed by atoms with van der Waals surface area (Å²) in [5.74, 6) is -1.78. The molecule has 0 bridgehead atoms. The van der Waals surface area contributed by atoms with Gasteiger partial charge in [-0.15, -0.1) is 0 Å². The number of benzene rings is 1. The fraction of sp³-hybridized carbons (Fsp3) is 0.400. The first-order valence-electron chi connectivity index (χ1n) is 4.42. The molecule has 0 aromatic heterocycles. The normalized spacial score (nSPS) is 18.3. The molecule has 76 valence electrons. The Kier molecular flexibility index (Phi) is 2.24. The average Bonchev–Trinajstić information content (AvgIpc) is 2.80. The van der Waals surface area contributed by atoms with Gasteiger partial charge in [-0.25, -0.2) is 8.78 Å². The van der Waals surface area contributed by atoms with Crippen LogP contribution in [0.2, 0.25) is 5.02 Å². The molecule has 0 atom stereocenters. The molecule has 0 aliphatic heterocycles. The zero-order valence-corrected chi connectivity index (χ0v) is 8.24. The maximum Gasteiger partial charge on any atom is 0.160 e. The number of hydrogen-bond donors (Lipinski definition) is 1. The van der Waals surface area contributed by atoms with E-state index in [2.05, 4.69) is 0 Å². The molecule has 0 amide bonds. The van der Waals surface area contributed by atoms with Crippen LogP contribution in [-0.4, -0.2) is 5.54 Å². The lowest BCUT2D eigenvalue weighted by atomic mass is 10.0. The summed E-state index contributed by atoms with van der Waals surface area (Å²) in [6.07, 6.45) is 2.35. The van der Waals surface area contributed by atoms with Crippen LogP contribution in [0.15, 0.2) is 12.1 Å². The second kappa shape index (κ2) is 3.17. The van der Waals surface area contributed by atoms with Crippen molar-refractivity contribution < 1.29 is 8.78 Å². The van der Waals surface area contributed by atoms with Crippen LogP contribution in [0, 0.1) is 11.6 Å². The van der Waals surface area contributed by atoms with Crippen molar-refractivity contribution in [2.75, 3.05) is 0 Å². The largest absolute Gasteiger partial charge is 0.325 e. The van der Waals surface area contributed by atoms with E-state index in [4.69, 9.17) is 17.3 Å². The summed E-state index contributed by atoms with van der Waals surface area (Å²) in [6, 6.07) is 2.13. The topological polar surface area (TPSA) is 26.0 Å². The van der Waals surface area contributed by atoms with Crippen LogP contribution in [0.5, 0.6) is 0 Å². The molecule has 1 aliphatic rings. The minimum Gasteiger partial charge on any atom is -0.325 e. The van der Waals surface area contributed by atoms with Crippen molar-refractivity contribution in [1.82, 2.24) is 0 Å². The monoisotopic (exact) mass is 217 g/mol. The Morgan fingerprint density at radius 2 is 1.86 bits per heavy atom. The Labute approximate surface area is 85.9 Å². The van der Waals surface area contributed by atoms with Crippen LogP contribution in [0.3, 0.4) is 0 Å². The molecule has 4 heteroatoms. The van der Waals surface area contributed by atoms with E-state index >= 15 is 0 Å². The Bertz CT molecular complexity index is 375. The number of nitrogens with two attached hydrogens (primary N) is 1. The Hall–Kier alpha value is -0.670. The van der Waals surface area contributed by atoms with Crippen LogP contribution in [0.4, 0.5) is 8.78 Å². The number of rotatable bonds is 2. The number of hydrogen-bond acceptors (Lipinski definition) is 1. The van der Waals surface area contributed by atoms with Crippen molar-refractivity contribution in [2.24, 2.45) is 5.73 Å². The highest BCUT2D eigenvalue weighted by atomic mass is 35.5. The molecule has 0 unspecified atom stereocenters. The molecule has 1 aliphatic carbocycles. The van der Waals surface area contributed by atoms with Crippen molar-refractivity contribution in [3.05, 3.63) is 34.4 Å². The molecule has 0 radical (unpaired) electrons. The van der Waals surface area contributed by atoms with Crippen LogP contribution >= 0.6 is 11.6 Å². The minimum absolute atomic E-state index is 0.242. The summed E-state index contributed by atoms with van der Waals surface area (Å²) < 4.78 is 25.6. The third kappa shape index (κ3) is 1.88. The van der Waals surface area contributed by atoms with Crippen molar-refractivity contribution in [3.8, 4) is 0 Å². The van der Waals surface area contributed by atoms with E-state index in [1.165, 1.54) is 0 Å². The zero-order chi connectivity index (χ0) is 10.3. The van der Waals surface area contributed by atoms with Crippen molar-refractivity contribution >= 4 is 11.6 Å². The first kappa shape index (κ1) is 9.87. The van der Waals surface area contributed by atoms with E-state index in [0.29, 0.717) is 12.0 Å². The van der Waals surface area contributed by atoms with E-state index in [9.17, 15) is 8.78 Å². The zero-order valence-electron chi connectivity index (χ0n) is 7.49. The molecule has 2 N–H and O–H groups in total. The van der Waals surface area contributed by atoms with Gasteiger partial charge in [0.25, 0.3) is 0 Å². The summed E-state index contributed by atoms with van der Waals surface area (Å²) >= 11 is 5.77. The highest BCUT2D eigenvalue weighted by molar-refractivity contribution is 6.31. The second-order valence-corrected chi connectivity index (χ2v) is 4.30. The van der Waals surface area contributed by atoms with Gasteiger partial charge >= 0.3 is 0 Å². The molecule has 1 nitrogen and oxygen atoms in total. The lowest BCUT2D eigenvalue weighted by Gasteiger charge is -2.10. The Morgan fingerprint density at radius 3 is 2.43 bits per heavy atom. The molecule has 1 aromatic rings. The molecule has 1 saturated carbocycles. The standard InChI is InChI=1S/C10H10ClF2N/c11-7-4-9(13)8(12)3-6(7)5-10(14)1-2-10/h3-4H,1-2,5,14H2. The van der Waals surface area contributed by atoms with Crippen LogP contribution in [-0.2, 0) is 6.42 Å². The quantitative estimate of drug-likeness (QED) is 0.758. The maximum atomic E-state index is 12.9. The van der Waals surface area contributed by atoms with Crippen LogP contribution in [0.1, 0.15) is 18.4 Å². The van der Waals surface area contributed by atoms with Crippen molar-refractivity contribution in [1.29, 1.82) is 0 Å². The van der Waals surface area contributed by atoms with Gasteiger partial charge in [0.1, 0.15) is 0 Å². The SMILES string of the molecule is NC1(Cc2cc(F)c(F)cc2Cl)CC1. The molecule has 0 saturated heterocycles. The maximum absolute atomic E-state index is 12.9. The minimum atomic E-state index is -0.916. The van der Waals surface area contributed by atoms with E-state index in [1.54, 1.807) is 0 Å². The van der Waals surface area contributed by atoms with Gasteiger partial charge in [-0.1, -0.05) is 11.6 Å². The predicted octanol–water partition coefficient (Wildman–Crippen LogP) is 2.65. The van der Waals surface area contributed by atoms with E-state index in [1.807, 2.05) is 0 Å². The molecular formula is C10H10ClF2N. The molecule has 1 aromatic carbocycles. The van der Waals surface area contributed by atoms with Gasteiger partial charge in [0.05, 0.1) is 0 Å². The van der Waals surface area contributed by atoms with Crippen LogP contribution in [0.25, 0.3) is 0 Å². The van der Waals surface area contributed by atoms with Gasteiger partial charge < -0.3 is 5.73 Å². The van der Waals surface area contributed by atoms with Crippen LogP contribution < -0.4 is 5.73 Å². The van der Waals surface area contributed by atoms with Gasteiger partial charge in [0.2, 0.25) is 0 Å². The molecular weight excluding hydrogens is 208 g/mol. The Morgan fingerprint density at radius 1 is 1.29 bits per heavy atom. The highest BCUT2D eigenvalue weighted by Crippen LogP contribution is 2.37. The summed E-state index contributed by atoms with van der Waals surface area (Å²) in [5.41, 5.74) is 6.21. The summed E-state index contributed by atoms with van der Waals surface area (Å²) in [4.78, 5) is 0. The van der Waals surface area contributed by atoms with E-state index in [0.717, 1.165) is 25.0 Å². The first-order chi connectivity index (χ1) is 6.50. The lowest BCUT2D eigenvalue weighted by Crippen LogP contribution is -2.24. The Balaban J connectivity index is 2.29. The van der Waals surface area contributed by atoms with E-state index < -0.39 is 11.6 Å². The predicted molar refractivity (Wildman–Crippen MR) is 51.2 cm³/mol. The van der Waals surface area contributed by atoms with Crippen molar-refractivity contribution in [2.45, 2.75) is 24.8 Å². The van der Waals surface area contributed by atoms with E-state index in [-0.39, 0.29) is 10.6 Å². The molecule has 0 heterocycles. The van der Waals surface area contributed by atoms with Gasteiger partial charge in [-0.2, -0.15) is 0 Å². The fourth-order valence-corrected chi connectivity index (χ4v) is 1.63. The smallest absolute Gasteiger partial charge is 0.160 e. The van der Waals surface area contributed by atoms with Gasteiger partial charge in [0, 0.05) is 10.6 Å². The third-order valence-electron chi connectivity index (χ3n) is 2.52. The molecule has 2 rings (SSSR count). The summed E-state index contributed by atoms with van der Waals surface area (Å²) in [6.45, 7) is 0. The molecule has 14 heavy (non-hydrogen) atoms. The fourth-order valence-electron chi connectivity index (χ4n) is 1.42. The third-order valence-corrected chi connectivity index (χ3v) is 2.88.